The van der Waals surface area contributed by atoms with Gasteiger partial charge in [0.15, 0.2) is 0 Å². The quantitative estimate of drug-likeness (QED) is 0.549. The summed E-state index contributed by atoms with van der Waals surface area (Å²) in [5, 5.41) is 9.35. The van der Waals surface area contributed by atoms with Crippen LogP contribution in [0.3, 0.4) is 0 Å². The van der Waals surface area contributed by atoms with Crippen molar-refractivity contribution < 1.29 is 4.74 Å². The molecule has 4 rings (SSSR count). The molecule has 154 valence electrons. The fourth-order valence-corrected chi connectivity index (χ4v) is 5.34. The zero-order valence-corrected chi connectivity index (χ0v) is 18.7. The molecule has 2 aromatic carbocycles. The number of rotatable bonds is 4. The Morgan fingerprint density at radius 1 is 1.07 bits per heavy atom. The Bertz CT molecular complexity index is 855. The highest BCUT2D eigenvalue weighted by Gasteiger charge is 2.41. The van der Waals surface area contributed by atoms with Crippen molar-refractivity contribution in [3.05, 3.63) is 64.2 Å². The molecule has 0 bridgehead atoms. The maximum Gasteiger partial charge on any atom is 0.127 e. The monoisotopic (exact) mass is 389 g/mol. The van der Waals surface area contributed by atoms with Gasteiger partial charge in [0, 0.05) is 5.92 Å². The summed E-state index contributed by atoms with van der Waals surface area (Å²) >= 11 is 0. The van der Waals surface area contributed by atoms with Crippen molar-refractivity contribution in [3.63, 3.8) is 0 Å². The van der Waals surface area contributed by atoms with Crippen molar-refractivity contribution in [2.75, 3.05) is 0 Å². The Labute approximate surface area is 176 Å². The van der Waals surface area contributed by atoms with E-state index in [1.807, 2.05) is 39.8 Å². The van der Waals surface area contributed by atoms with E-state index >= 15 is 0 Å². The Hall–Kier alpha value is -2.27. The number of ether oxygens (including phenoxy) is 1. The standard InChI is InChI=1S/C25H29NO.C2H6/c1-4-18-9-10-20(13-18)23-14-19-7-5-6-8-22(19)25(23)27-21-11-16(2)24(15-26)17(3)12-21;1-2/h5-8,11-12,18,20,23,25H,4,9-10,13-14H2,1-3H3;1-2H3/t18?,20?,23-,25+;/m0./s1. The molecule has 0 heterocycles. The van der Waals surface area contributed by atoms with Crippen molar-refractivity contribution >= 4 is 0 Å². The summed E-state index contributed by atoms with van der Waals surface area (Å²) in [6.07, 6.45) is 6.62. The van der Waals surface area contributed by atoms with Crippen LogP contribution in [0.25, 0.3) is 0 Å². The van der Waals surface area contributed by atoms with E-state index in [-0.39, 0.29) is 6.10 Å². The van der Waals surface area contributed by atoms with Crippen molar-refractivity contribution in [2.24, 2.45) is 17.8 Å². The van der Waals surface area contributed by atoms with Gasteiger partial charge in [-0.2, -0.15) is 5.26 Å². The molecule has 4 atom stereocenters. The lowest BCUT2D eigenvalue weighted by molar-refractivity contribution is 0.109. The van der Waals surface area contributed by atoms with Crippen LogP contribution in [0.5, 0.6) is 5.75 Å². The smallest absolute Gasteiger partial charge is 0.127 e. The van der Waals surface area contributed by atoms with Crippen LogP contribution in [0.4, 0.5) is 0 Å². The lowest BCUT2D eigenvalue weighted by Crippen LogP contribution is -2.22. The molecule has 0 N–H and O–H groups in total. The Balaban J connectivity index is 0.00000117. The van der Waals surface area contributed by atoms with E-state index in [4.69, 9.17) is 4.74 Å². The highest BCUT2D eigenvalue weighted by molar-refractivity contribution is 5.48. The third kappa shape index (κ3) is 4.35. The topological polar surface area (TPSA) is 33.0 Å². The minimum absolute atomic E-state index is 0.133. The second kappa shape index (κ2) is 9.49. The normalized spacial score (nSPS) is 25.0. The van der Waals surface area contributed by atoms with Gasteiger partial charge >= 0.3 is 0 Å². The van der Waals surface area contributed by atoms with Gasteiger partial charge in [-0.15, -0.1) is 0 Å². The van der Waals surface area contributed by atoms with Gasteiger partial charge in [-0.3, -0.25) is 0 Å². The molecular formula is C27H35NO. The molecule has 0 aliphatic heterocycles. The summed E-state index contributed by atoms with van der Waals surface area (Å²) in [7, 11) is 0. The van der Waals surface area contributed by atoms with Gasteiger partial charge in [0.25, 0.3) is 0 Å². The summed E-state index contributed by atoms with van der Waals surface area (Å²) in [4.78, 5) is 0. The summed E-state index contributed by atoms with van der Waals surface area (Å²) in [5.41, 5.74) is 5.59. The molecule has 0 radical (unpaired) electrons. The Morgan fingerprint density at radius 2 is 1.76 bits per heavy atom. The van der Waals surface area contributed by atoms with Gasteiger partial charge in [-0.05, 0) is 79.3 Å². The van der Waals surface area contributed by atoms with Crippen LogP contribution in [0.2, 0.25) is 0 Å². The SMILES string of the molecule is CC.CCC1CCC([C@@H]2Cc3ccccc3[C@H]2Oc2cc(C)c(C#N)c(C)c2)C1. The van der Waals surface area contributed by atoms with Crippen LogP contribution in [-0.2, 0) is 6.42 Å². The number of fused-ring (bicyclic) bond motifs is 1. The first kappa shape index (κ1) is 21.4. The molecule has 2 nitrogen and oxygen atoms in total. The maximum atomic E-state index is 9.35. The fourth-order valence-electron chi connectivity index (χ4n) is 5.34. The lowest BCUT2D eigenvalue weighted by atomic mass is 9.85. The molecular weight excluding hydrogens is 354 g/mol. The average Bonchev–Trinajstić information content (AvgIpc) is 3.34. The van der Waals surface area contributed by atoms with Crippen molar-refractivity contribution in [1.82, 2.24) is 0 Å². The predicted molar refractivity (Wildman–Crippen MR) is 120 cm³/mol. The van der Waals surface area contributed by atoms with Gasteiger partial charge in [0.1, 0.15) is 11.9 Å². The molecule has 0 amide bonds. The summed E-state index contributed by atoms with van der Waals surface area (Å²) in [5.74, 6) is 3.11. The molecule has 1 fully saturated rings. The number of nitriles is 1. The minimum atomic E-state index is 0.133. The summed E-state index contributed by atoms with van der Waals surface area (Å²) in [6, 6.07) is 15.2. The van der Waals surface area contributed by atoms with E-state index < -0.39 is 0 Å². The number of hydrogen-bond acceptors (Lipinski definition) is 2. The van der Waals surface area contributed by atoms with E-state index in [0.29, 0.717) is 5.92 Å². The van der Waals surface area contributed by atoms with Crippen molar-refractivity contribution in [3.8, 4) is 11.8 Å². The van der Waals surface area contributed by atoms with Crippen molar-refractivity contribution in [1.29, 1.82) is 5.26 Å². The Morgan fingerprint density at radius 3 is 2.38 bits per heavy atom. The number of hydrogen-bond donors (Lipinski definition) is 0. The van der Waals surface area contributed by atoms with Crippen LogP contribution in [0, 0.1) is 42.9 Å². The van der Waals surface area contributed by atoms with Gasteiger partial charge < -0.3 is 4.74 Å². The molecule has 29 heavy (non-hydrogen) atoms. The highest BCUT2D eigenvalue weighted by Crippen LogP contribution is 2.49. The molecule has 2 aliphatic carbocycles. The third-order valence-electron chi connectivity index (χ3n) is 6.85. The van der Waals surface area contributed by atoms with E-state index in [0.717, 1.165) is 40.7 Å². The number of aryl methyl sites for hydroxylation is 2. The summed E-state index contributed by atoms with van der Waals surface area (Å²) < 4.78 is 6.65. The molecule has 0 aromatic heterocycles. The van der Waals surface area contributed by atoms with E-state index in [9.17, 15) is 5.26 Å². The van der Waals surface area contributed by atoms with Crippen LogP contribution in [0.1, 0.15) is 80.4 Å². The first-order valence-electron chi connectivity index (χ1n) is 11.4. The zero-order valence-electron chi connectivity index (χ0n) is 18.7. The van der Waals surface area contributed by atoms with Gasteiger partial charge in [0.2, 0.25) is 0 Å². The van der Waals surface area contributed by atoms with Crippen molar-refractivity contribution in [2.45, 2.75) is 72.8 Å². The van der Waals surface area contributed by atoms with Gasteiger partial charge in [0.05, 0.1) is 11.6 Å². The molecule has 2 heteroatoms. The predicted octanol–water partition coefficient (Wildman–Crippen LogP) is 7.32. The van der Waals surface area contributed by atoms with Crippen LogP contribution in [0.15, 0.2) is 36.4 Å². The Kier molecular flexibility index (Phi) is 7.01. The second-order valence-corrected chi connectivity index (χ2v) is 8.50. The molecule has 2 unspecified atom stereocenters. The molecule has 0 spiro atoms. The third-order valence-corrected chi connectivity index (χ3v) is 6.85. The summed E-state index contributed by atoms with van der Waals surface area (Å²) in [6.45, 7) is 10.3. The fraction of sp³-hybridized carbons (Fsp3) is 0.519. The molecule has 1 saturated carbocycles. The zero-order chi connectivity index (χ0) is 21.0. The van der Waals surface area contributed by atoms with Crippen LogP contribution < -0.4 is 4.74 Å². The van der Waals surface area contributed by atoms with Gasteiger partial charge in [-0.25, -0.2) is 0 Å². The maximum absolute atomic E-state index is 9.35. The van der Waals surface area contributed by atoms with Crippen LogP contribution in [-0.4, -0.2) is 0 Å². The first-order valence-corrected chi connectivity index (χ1v) is 11.4. The minimum Gasteiger partial charge on any atom is -0.485 e. The van der Waals surface area contributed by atoms with E-state index in [2.05, 4.69) is 37.3 Å². The first-order chi connectivity index (χ1) is 14.1. The number of nitrogens with zero attached hydrogens (tertiary/aromatic N) is 1. The largest absolute Gasteiger partial charge is 0.485 e. The molecule has 2 aromatic rings. The second-order valence-electron chi connectivity index (χ2n) is 8.50. The van der Waals surface area contributed by atoms with Crippen LogP contribution >= 0.6 is 0 Å². The van der Waals surface area contributed by atoms with Gasteiger partial charge in [-0.1, -0.05) is 57.9 Å². The molecule has 2 aliphatic rings. The van der Waals surface area contributed by atoms with E-state index in [1.54, 1.807) is 0 Å². The average molecular weight is 390 g/mol. The lowest BCUT2D eigenvalue weighted by Gasteiger charge is -2.27. The van der Waals surface area contributed by atoms with E-state index in [1.165, 1.54) is 36.8 Å². The number of benzene rings is 2. The molecule has 0 saturated heterocycles. The highest BCUT2D eigenvalue weighted by atomic mass is 16.5.